The quantitative estimate of drug-likeness (QED) is 0.794. The number of anilines is 2. The predicted octanol–water partition coefficient (Wildman–Crippen LogP) is 2.34. The first-order chi connectivity index (χ1) is 11.6. The summed E-state index contributed by atoms with van der Waals surface area (Å²) in [6.45, 7) is 4.61. The Balaban J connectivity index is 1.49. The lowest BCUT2D eigenvalue weighted by molar-refractivity contribution is 0.0532. The highest BCUT2D eigenvalue weighted by molar-refractivity contribution is 5.89. The molecule has 0 radical (unpaired) electrons. The highest BCUT2D eigenvalue weighted by Crippen LogP contribution is 2.21. The van der Waals surface area contributed by atoms with E-state index in [-0.39, 0.29) is 24.3 Å². The van der Waals surface area contributed by atoms with Crippen LogP contribution in [-0.4, -0.2) is 49.1 Å². The van der Waals surface area contributed by atoms with Crippen LogP contribution in [0.2, 0.25) is 0 Å². The lowest BCUT2D eigenvalue weighted by Gasteiger charge is -2.33. The third-order valence-corrected chi connectivity index (χ3v) is 4.76. The Kier molecular flexibility index (Phi) is 5.58. The van der Waals surface area contributed by atoms with Crippen molar-refractivity contribution in [3.05, 3.63) is 24.3 Å². The van der Waals surface area contributed by atoms with Gasteiger partial charge in [-0.05, 0) is 56.9 Å². The van der Waals surface area contributed by atoms with E-state index >= 15 is 0 Å². The number of benzene rings is 1. The first-order valence-electron chi connectivity index (χ1n) is 8.82. The second kappa shape index (κ2) is 7.85. The Morgan fingerprint density at radius 2 is 1.92 bits per heavy atom. The van der Waals surface area contributed by atoms with Crippen molar-refractivity contribution >= 4 is 17.4 Å². The van der Waals surface area contributed by atoms with E-state index in [1.54, 1.807) is 0 Å². The Hall–Kier alpha value is -1.79. The number of carbonyl (C=O) groups is 1. The number of amides is 2. The van der Waals surface area contributed by atoms with Gasteiger partial charge in [-0.25, -0.2) is 4.79 Å². The number of aliphatic hydroxyl groups excluding tert-OH is 1. The van der Waals surface area contributed by atoms with Crippen molar-refractivity contribution in [3.8, 4) is 0 Å². The molecule has 0 aromatic heterocycles. The van der Waals surface area contributed by atoms with Gasteiger partial charge in [0.25, 0.3) is 0 Å². The molecular formula is C18H27N3O3. The molecule has 6 heteroatoms. The highest BCUT2D eigenvalue weighted by atomic mass is 16.5. The molecule has 1 saturated heterocycles. The minimum absolute atomic E-state index is 0.155. The normalized spacial score (nSPS) is 27.6. The fraction of sp³-hybridized carbons (Fsp3) is 0.611. The summed E-state index contributed by atoms with van der Waals surface area (Å²) >= 11 is 0. The summed E-state index contributed by atoms with van der Waals surface area (Å²) in [6.07, 6.45) is 3.23. The summed E-state index contributed by atoms with van der Waals surface area (Å²) in [4.78, 5) is 14.4. The number of morpholine rings is 1. The van der Waals surface area contributed by atoms with E-state index in [1.165, 1.54) is 0 Å². The average Bonchev–Trinajstić information content (AvgIpc) is 2.58. The van der Waals surface area contributed by atoms with Crippen molar-refractivity contribution in [1.82, 2.24) is 5.32 Å². The van der Waals surface area contributed by atoms with E-state index < -0.39 is 0 Å². The summed E-state index contributed by atoms with van der Waals surface area (Å²) in [5, 5.41) is 15.4. The first kappa shape index (κ1) is 17.0. The van der Waals surface area contributed by atoms with Gasteiger partial charge in [0.2, 0.25) is 0 Å². The SMILES string of the molecule is C[C@H]1CN(c2ccc(NC(=O)NC3CCC(O)CC3)cc2)CCO1. The van der Waals surface area contributed by atoms with Crippen LogP contribution in [0.25, 0.3) is 0 Å². The topological polar surface area (TPSA) is 73.8 Å². The van der Waals surface area contributed by atoms with Crippen LogP contribution in [0.15, 0.2) is 24.3 Å². The molecular weight excluding hydrogens is 306 g/mol. The third kappa shape index (κ3) is 4.61. The number of hydrogen-bond donors (Lipinski definition) is 3. The second-order valence-electron chi connectivity index (χ2n) is 6.78. The molecule has 6 nitrogen and oxygen atoms in total. The van der Waals surface area contributed by atoms with Crippen LogP contribution in [0.5, 0.6) is 0 Å². The van der Waals surface area contributed by atoms with Gasteiger partial charge >= 0.3 is 6.03 Å². The predicted molar refractivity (Wildman–Crippen MR) is 94.5 cm³/mol. The summed E-state index contributed by atoms with van der Waals surface area (Å²) < 4.78 is 5.56. The fourth-order valence-electron chi connectivity index (χ4n) is 3.38. The van der Waals surface area contributed by atoms with E-state index in [1.807, 2.05) is 24.3 Å². The van der Waals surface area contributed by atoms with Gasteiger partial charge < -0.3 is 25.4 Å². The summed E-state index contributed by atoms with van der Waals surface area (Å²) in [6, 6.07) is 7.90. The molecule has 2 amide bonds. The number of urea groups is 1. The highest BCUT2D eigenvalue weighted by Gasteiger charge is 2.21. The van der Waals surface area contributed by atoms with Crippen LogP contribution in [0.4, 0.5) is 16.2 Å². The largest absolute Gasteiger partial charge is 0.393 e. The van der Waals surface area contributed by atoms with E-state index in [0.717, 1.165) is 56.8 Å². The zero-order valence-corrected chi connectivity index (χ0v) is 14.2. The Bertz CT molecular complexity index is 541. The molecule has 1 aliphatic carbocycles. The van der Waals surface area contributed by atoms with Gasteiger partial charge in [-0.3, -0.25) is 0 Å². The number of hydrogen-bond acceptors (Lipinski definition) is 4. The monoisotopic (exact) mass is 333 g/mol. The van der Waals surface area contributed by atoms with Crippen LogP contribution >= 0.6 is 0 Å². The molecule has 3 rings (SSSR count). The summed E-state index contributed by atoms with van der Waals surface area (Å²) in [5.74, 6) is 0. The molecule has 132 valence electrons. The smallest absolute Gasteiger partial charge is 0.319 e. The van der Waals surface area contributed by atoms with Crippen molar-refractivity contribution in [1.29, 1.82) is 0 Å². The number of carbonyl (C=O) groups excluding carboxylic acids is 1. The maximum atomic E-state index is 12.1. The van der Waals surface area contributed by atoms with Crippen molar-refractivity contribution in [2.45, 2.75) is 50.9 Å². The van der Waals surface area contributed by atoms with Crippen LogP contribution in [0.1, 0.15) is 32.6 Å². The zero-order valence-electron chi connectivity index (χ0n) is 14.2. The van der Waals surface area contributed by atoms with E-state index in [9.17, 15) is 9.90 Å². The number of nitrogens with zero attached hydrogens (tertiary/aromatic N) is 1. The number of aliphatic hydroxyl groups is 1. The van der Waals surface area contributed by atoms with Gasteiger partial charge in [0.05, 0.1) is 18.8 Å². The molecule has 2 aliphatic rings. The molecule has 1 atom stereocenters. The molecule has 1 heterocycles. The number of rotatable bonds is 3. The summed E-state index contributed by atoms with van der Waals surface area (Å²) in [7, 11) is 0. The van der Waals surface area contributed by atoms with Gasteiger partial charge in [-0.2, -0.15) is 0 Å². The minimum Gasteiger partial charge on any atom is -0.393 e. The van der Waals surface area contributed by atoms with Crippen molar-refractivity contribution < 1.29 is 14.6 Å². The summed E-state index contributed by atoms with van der Waals surface area (Å²) in [5.41, 5.74) is 1.94. The van der Waals surface area contributed by atoms with Gasteiger partial charge in [0.15, 0.2) is 0 Å². The van der Waals surface area contributed by atoms with Gasteiger partial charge in [0.1, 0.15) is 0 Å². The molecule has 3 N–H and O–H groups in total. The Morgan fingerprint density at radius 3 is 2.58 bits per heavy atom. The van der Waals surface area contributed by atoms with Gasteiger partial charge in [-0.15, -0.1) is 0 Å². The lowest BCUT2D eigenvalue weighted by atomic mass is 9.93. The van der Waals surface area contributed by atoms with Crippen molar-refractivity contribution in [2.75, 3.05) is 29.9 Å². The molecule has 0 bridgehead atoms. The van der Waals surface area contributed by atoms with Gasteiger partial charge in [0, 0.05) is 30.5 Å². The van der Waals surface area contributed by atoms with Crippen molar-refractivity contribution in [2.24, 2.45) is 0 Å². The van der Waals surface area contributed by atoms with Crippen LogP contribution < -0.4 is 15.5 Å². The second-order valence-corrected chi connectivity index (χ2v) is 6.78. The number of nitrogens with one attached hydrogen (secondary N) is 2. The average molecular weight is 333 g/mol. The molecule has 0 unspecified atom stereocenters. The van der Waals surface area contributed by atoms with Crippen molar-refractivity contribution in [3.63, 3.8) is 0 Å². The molecule has 1 aromatic carbocycles. The molecule has 0 spiro atoms. The Labute approximate surface area is 143 Å². The third-order valence-electron chi connectivity index (χ3n) is 4.76. The number of ether oxygens (including phenoxy) is 1. The minimum atomic E-state index is -0.207. The van der Waals surface area contributed by atoms with E-state index in [2.05, 4.69) is 22.5 Å². The Morgan fingerprint density at radius 1 is 1.21 bits per heavy atom. The van der Waals surface area contributed by atoms with Crippen LogP contribution in [0, 0.1) is 0 Å². The standard InChI is InChI=1S/C18H27N3O3/c1-13-12-21(10-11-24-13)16-6-2-14(3-7-16)19-18(23)20-15-4-8-17(22)9-5-15/h2-3,6-7,13,15,17,22H,4-5,8-12H2,1H3,(H2,19,20,23)/t13-,15?,17?/m0/s1. The molecule has 24 heavy (non-hydrogen) atoms. The van der Waals surface area contributed by atoms with E-state index in [0.29, 0.717) is 0 Å². The zero-order chi connectivity index (χ0) is 16.9. The maximum Gasteiger partial charge on any atom is 0.319 e. The molecule has 1 saturated carbocycles. The molecule has 1 aliphatic heterocycles. The first-order valence-corrected chi connectivity index (χ1v) is 8.82. The van der Waals surface area contributed by atoms with Gasteiger partial charge in [-0.1, -0.05) is 0 Å². The molecule has 1 aromatic rings. The van der Waals surface area contributed by atoms with Crippen LogP contribution in [0.3, 0.4) is 0 Å². The van der Waals surface area contributed by atoms with Crippen LogP contribution in [-0.2, 0) is 4.74 Å². The lowest BCUT2D eigenvalue weighted by Crippen LogP contribution is -2.41. The fourth-order valence-corrected chi connectivity index (χ4v) is 3.38. The van der Waals surface area contributed by atoms with E-state index in [4.69, 9.17) is 4.74 Å². The molecule has 2 fully saturated rings. The maximum absolute atomic E-state index is 12.1.